The summed E-state index contributed by atoms with van der Waals surface area (Å²) in [6.07, 6.45) is 0.970. The maximum Gasteiger partial charge on any atom is 0.252 e. The number of anilines is 2. The molecular weight excluding hydrogens is 390 g/mol. The van der Waals surface area contributed by atoms with Crippen molar-refractivity contribution in [2.45, 2.75) is 32.7 Å². The van der Waals surface area contributed by atoms with Crippen molar-refractivity contribution in [1.82, 2.24) is 14.9 Å². The summed E-state index contributed by atoms with van der Waals surface area (Å²) in [5.74, 6) is 0.889. The highest BCUT2D eigenvalue weighted by molar-refractivity contribution is 6.31. The first-order chi connectivity index (χ1) is 13.9. The highest BCUT2D eigenvalue weighted by Gasteiger charge is 2.27. The van der Waals surface area contributed by atoms with E-state index < -0.39 is 0 Å². The lowest BCUT2D eigenvalue weighted by Gasteiger charge is -2.27. The molecule has 3 N–H and O–H groups in total. The van der Waals surface area contributed by atoms with Crippen LogP contribution in [-0.4, -0.2) is 54.3 Å². The lowest BCUT2D eigenvalue weighted by Crippen LogP contribution is -2.38. The molecule has 4 rings (SSSR count). The fourth-order valence-electron chi connectivity index (χ4n) is 4.15. The molecular formula is C21H28ClN5O2. The van der Waals surface area contributed by atoms with Gasteiger partial charge in [0.15, 0.2) is 0 Å². The van der Waals surface area contributed by atoms with Gasteiger partial charge in [0.1, 0.15) is 0 Å². The number of nitrogen functional groups attached to an aromatic ring is 1. The van der Waals surface area contributed by atoms with E-state index >= 15 is 0 Å². The number of ether oxygens (including phenoxy) is 1. The molecule has 2 aliphatic rings. The van der Waals surface area contributed by atoms with Gasteiger partial charge in [0.05, 0.1) is 18.9 Å². The molecule has 3 heterocycles. The predicted octanol–water partition coefficient (Wildman–Crippen LogP) is 2.45. The second kappa shape index (κ2) is 8.34. The molecule has 0 aliphatic carbocycles. The zero-order valence-electron chi connectivity index (χ0n) is 17.0. The van der Waals surface area contributed by atoms with Crippen LogP contribution in [0.5, 0.6) is 0 Å². The monoisotopic (exact) mass is 417 g/mol. The van der Waals surface area contributed by atoms with Gasteiger partial charge in [-0.1, -0.05) is 11.6 Å². The summed E-state index contributed by atoms with van der Waals surface area (Å²) < 4.78 is 5.40. The topological polar surface area (TPSA) is 87.5 Å². The summed E-state index contributed by atoms with van der Waals surface area (Å²) in [5, 5.41) is 0.758. The lowest BCUT2D eigenvalue weighted by atomic mass is 10.0. The average Bonchev–Trinajstić information content (AvgIpc) is 3.19. The number of H-pyrrole nitrogens is 1. The minimum atomic E-state index is -0.0971. The SMILES string of the molecule is Cc1c(Cl)cc(CN2CC[C@H](c3cc(=O)[nH]c(N4CCOCC4)n3)C2)c(N)c1C. The maximum atomic E-state index is 12.2. The normalized spacial score (nSPS) is 20.4. The van der Waals surface area contributed by atoms with Crippen LogP contribution < -0.4 is 16.2 Å². The Kier molecular flexibility index (Phi) is 5.81. The molecule has 0 unspecified atom stereocenters. The third-order valence-electron chi connectivity index (χ3n) is 6.12. The molecule has 0 saturated carbocycles. The van der Waals surface area contributed by atoms with E-state index in [1.165, 1.54) is 0 Å². The summed E-state index contributed by atoms with van der Waals surface area (Å²) >= 11 is 6.37. The molecule has 0 amide bonds. The molecule has 2 aliphatic heterocycles. The van der Waals surface area contributed by atoms with Gasteiger partial charge in [0.25, 0.3) is 5.56 Å². The van der Waals surface area contributed by atoms with Crippen LogP contribution in [0, 0.1) is 13.8 Å². The Labute approximate surface area is 175 Å². The van der Waals surface area contributed by atoms with Crippen LogP contribution in [0.3, 0.4) is 0 Å². The summed E-state index contributed by atoms with van der Waals surface area (Å²) in [5.41, 5.74) is 11.1. The molecule has 7 nitrogen and oxygen atoms in total. The fraction of sp³-hybridized carbons (Fsp3) is 0.524. The molecule has 0 spiro atoms. The molecule has 8 heteroatoms. The summed E-state index contributed by atoms with van der Waals surface area (Å²) in [4.78, 5) is 24.3. The lowest BCUT2D eigenvalue weighted by molar-refractivity contribution is 0.122. The Morgan fingerprint density at radius 3 is 2.76 bits per heavy atom. The minimum Gasteiger partial charge on any atom is -0.398 e. The third-order valence-corrected chi connectivity index (χ3v) is 6.51. The first-order valence-corrected chi connectivity index (χ1v) is 10.5. The molecule has 2 aromatic rings. The highest BCUT2D eigenvalue weighted by Crippen LogP contribution is 2.32. The minimum absolute atomic E-state index is 0.0971. The number of nitrogens with one attached hydrogen (secondary N) is 1. The molecule has 1 aromatic heterocycles. The first-order valence-electron chi connectivity index (χ1n) is 10.1. The Bertz CT molecular complexity index is 955. The second-order valence-electron chi connectivity index (χ2n) is 8.00. The Morgan fingerprint density at radius 1 is 1.24 bits per heavy atom. The van der Waals surface area contributed by atoms with Crippen LogP contribution in [0.4, 0.5) is 11.6 Å². The molecule has 1 aromatic carbocycles. The van der Waals surface area contributed by atoms with Gasteiger partial charge in [-0.2, -0.15) is 0 Å². The number of nitrogens with zero attached hydrogens (tertiary/aromatic N) is 3. The molecule has 1 atom stereocenters. The summed E-state index contributed by atoms with van der Waals surface area (Å²) in [6, 6.07) is 3.62. The quantitative estimate of drug-likeness (QED) is 0.743. The standard InChI is InChI=1S/C21H28ClN5O2/c1-13-14(2)20(23)16(9-17(13)22)12-26-4-3-15(11-26)18-10-19(28)25-21(24-18)27-5-7-29-8-6-27/h9-10,15H,3-8,11-12,23H2,1-2H3,(H,24,25,28)/t15-/m0/s1. The first kappa shape index (κ1) is 20.2. The van der Waals surface area contributed by atoms with Crippen molar-refractivity contribution >= 4 is 23.2 Å². The zero-order valence-corrected chi connectivity index (χ0v) is 17.8. The number of halogens is 1. The number of aromatic nitrogens is 2. The van der Waals surface area contributed by atoms with Gasteiger partial charge in [-0.15, -0.1) is 0 Å². The largest absolute Gasteiger partial charge is 0.398 e. The molecule has 29 heavy (non-hydrogen) atoms. The van der Waals surface area contributed by atoms with Crippen molar-refractivity contribution in [2.75, 3.05) is 50.0 Å². The van der Waals surface area contributed by atoms with E-state index in [1.54, 1.807) is 6.07 Å². The number of aromatic amines is 1. The Balaban J connectivity index is 1.49. The van der Waals surface area contributed by atoms with Crippen molar-refractivity contribution in [1.29, 1.82) is 0 Å². The molecule has 0 radical (unpaired) electrons. The third kappa shape index (κ3) is 4.27. The number of hydrogen-bond acceptors (Lipinski definition) is 6. The van der Waals surface area contributed by atoms with E-state index in [-0.39, 0.29) is 11.5 Å². The van der Waals surface area contributed by atoms with Crippen LogP contribution in [0.15, 0.2) is 16.9 Å². The van der Waals surface area contributed by atoms with Gasteiger partial charge in [-0.25, -0.2) is 4.98 Å². The van der Waals surface area contributed by atoms with Crippen molar-refractivity contribution in [3.8, 4) is 0 Å². The number of rotatable bonds is 4. The molecule has 156 valence electrons. The Morgan fingerprint density at radius 2 is 2.00 bits per heavy atom. The van der Waals surface area contributed by atoms with Crippen LogP contribution in [0.2, 0.25) is 5.02 Å². The highest BCUT2D eigenvalue weighted by atomic mass is 35.5. The van der Waals surface area contributed by atoms with E-state index in [2.05, 4.69) is 14.8 Å². The number of nitrogens with two attached hydrogens (primary N) is 1. The van der Waals surface area contributed by atoms with E-state index in [4.69, 9.17) is 27.1 Å². The van der Waals surface area contributed by atoms with Crippen LogP contribution >= 0.6 is 11.6 Å². The van der Waals surface area contributed by atoms with E-state index in [9.17, 15) is 4.79 Å². The fourth-order valence-corrected chi connectivity index (χ4v) is 4.42. The zero-order chi connectivity index (χ0) is 20.5. The number of morpholine rings is 1. The molecule has 0 bridgehead atoms. The van der Waals surface area contributed by atoms with E-state index in [0.29, 0.717) is 19.2 Å². The van der Waals surface area contributed by atoms with Gasteiger partial charge in [0, 0.05) is 48.9 Å². The smallest absolute Gasteiger partial charge is 0.252 e. The molecule has 2 saturated heterocycles. The summed E-state index contributed by atoms with van der Waals surface area (Å²) in [6.45, 7) is 9.36. The van der Waals surface area contributed by atoms with Gasteiger partial charge < -0.3 is 15.4 Å². The Hall–Kier alpha value is -2.09. The van der Waals surface area contributed by atoms with Crippen molar-refractivity contribution in [3.63, 3.8) is 0 Å². The van der Waals surface area contributed by atoms with Crippen molar-refractivity contribution in [3.05, 3.63) is 49.9 Å². The summed E-state index contributed by atoms with van der Waals surface area (Å²) in [7, 11) is 0. The van der Waals surface area contributed by atoms with Gasteiger partial charge >= 0.3 is 0 Å². The number of benzene rings is 1. The van der Waals surface area contributed by atoms with Crippen LogP contribution in [0.25, 0.3) is 0 Å². The van der Waals surface area contributed by atoms with E-state index in [1.807, 2.05) is 19.9 Å². The van der Waals surface area contributed by atoms with E-state index in [0.717, 1.165) is 72.2 Å². The number of likely N-dealkylation sites (tertiary alicyclic amines) is 1. The number of hydrogen-bond donors (Lipinski definition) is 2. The van der Waals surface area contributed by atoms with Gasteiger partial charge in [-0.05, 0) is 49.6 Å². The average molecular weight is 418 g/mol. The second-order valence-corrected chi connectivity index (χ2v) is 8.40. The van der Waals surface area contributed by atoms with Crippen molar-refractivity contribution in [2.24, 2.45) is 0 Å². The predicted molar refractivity (Wildman–Crippen MR) is 116 cm³/mol. The van der Waals surface area contributed by atoms with Gasteiger partial charge in [-0.3, -0.25) is 14.7 Å². The molecule has 2 fully saturated rings. The van der Waals surface area contributed by atoms with Gasteiger partial charge in [0.2, 0.25) is 5.95 Å². The van der Waals surface area contributed by atoms with Crippen LogP contribution in [-0.2, 0) is 11.3 Å². The van der Waals surface area contributed by atoms with Crippen molar-refractivity contribution < 1.29 is 4.74 Å². The maximum absolute atomic E-state index is 12.2. The van der Waals surface area contributed by atoms with Crippen LogP contribution in [0.1, 0.15) is 34.7 Å².